The summed E-state index contributed by atoms with van der Waals surface area (Å²) in [7, 11) is 1.65. The van der Waals surface area contributed by atoms with Crippen molar-refractivity contribution in [3.63, 3.8) is 0 Å². The Hall–Kier alpha value is -1.43. The van der Waals surface area contributed by atoms with E-state index in [1.165, 1.54) is 0 Å². The number of ether oxygens (including phenoxy) is 1. The first-order chi connectivity index (χ1) is 9.72. The second-order valence-corrected chi connectivity index (χ2v) is 5.05. The van der Waals surface area contributed by atoms with Crippen LogP contribution in [0.2, 0.25) is 0 Å². The van der Waals surface area contributed by atoms with Crippen LogP contribution in [0.4, 0.5) is 0 Å². The fourth-order valence-electron chi connectivity index (χ4n) is 2.60. The van der Waals surface area contributed by atoms with Gasteiger partial charge in [0.05, 0.1) is 6.61 Å². The molecule has 0 aromatic heterocycles. The van der Waals surface area contributed by atoms with Gasteiger partial charge in [0.15, 0.2) is 0 Å². The predicted molar refractivity (Wildman–Crippen MR) is 76.6 cm³/mol. The van der Waals surface area contributed by atoms with Crippen molar-refractivity contribution >= 4 is 5.97 Å². The van der Waals surface area contributed by atoms with Crippen LogP contribution in [0.3, 0.4) is 0 Å². The summed E-state index contributed by atoms with van der Waals surface area (Å²) in [4.78, 5) is 13.7. The van der Waals surface area contributed by atoms with Crippen LogP contribution in [0, 0.1) is 0 Å². The monoisotopic (exact) mass is 278 g/mol. The first-order valence-electron chi connectivity index (χ1n) is 6.97. The van der Waals surface area contributed by atoms with E-state index in [1.807, 2.05) is 29.2 Å². The lowest BCUT2D eigenvalue weighted by Gasteiger charge is -2.27. The van der Waals surface area contributed by atoms with E-state index >= 15 is 0 Å². The van der Waals surface area contributed by atoms with Gasteiger partial charge in [-0.2, -0.15) is 0 Å². The summed E-state index contributed by atoms with van der Waals surface area (Å²) in [6.07, 6.45) is 0.978. The maximum Gasteiger partial charge on any atom is 0.325 e. The van der Waals surface area contributed by atoms with Gasteiger partial charge < -0.3 is 15.2 Å². The molecule has 20 heavy (non-hydrogen) atoms. The summed E-state index contributed by atoms with van der Waals surface area (Å²) in [5.41, 5.74) is 1.89. The van der Waals surface area contributed by atoms with Gasteiger partial charge in [0, 0.05) is 26.7 Å². The van der Waals surface area contributed by atoms with Gasteiger partial charge >= 0.3 is 5.97 Å². The summed E-state index contributed by atoms with van der Waals surface area (Å²) in [5, 5.41) is 12.9. The fourth-order valence-corrected chi connectivity index (χ4v) is 2.60. The van der Waals surface area contributed by atoms with Crippen LogP contribution in [0.1, 0.15) is 23.6 Å². The number of carboxylic acids is 1. The van der Waals surface area contributed by atoms with E-state index in [4.69, 9.17) is 4.74 Å². The van der Waals surface area contributed by atoms with Gasteiger partial charge in [-0.05, 0) is 24.1 Å². The van der Waals surface area contributed by atoms with Gasteiger partial charge in [-0.15, -0.1) is 0 Å². The number of hydrogen-bond acceptors (Lipinski definition) is 4. The molecule has 0 amide bonds. The summed E-state index contributed by atoms with van der Waals surface area (Å²) in [6, 6.07) is 7.10. The lowest BCUT2D eigenvalue weighted by molar-refractivity contribution is -0.143. The number of carboxylic acid groups (broad SMARTS) is 1. The molecule has 1 aromatic carbocycles. The number of aliphatic carboxylic acids is 1. The molecule has 1 atom stereocenters. The average molecular weight is 278 g/mol. The Balaban J connectivity index is 2.16. The second-order valence-electron chi connectivity index (χ2n) is 5.05. The molecule has 0 radical (unpaired) electrons. The third-order valence-electron chi connectivity index (χ3n) is 3.58. The Morgan fingerprint density at radius 2 is 2.10 bits per heavy atom. The van der Waals surface area contributed by atoms with Crippen molar-refractivity contribution in [3.8, 4) is 0 Å². The lowest BCUT2D eigenvalue weighted by Crippen LogP contribution is -2.36. The summed E-state index contributed by atoms with van der Waals surface area (Å²) in [6.45, 7) is 3.91. The lowest BCUT2D eigenvalue weighted by atomic mass is 10.0. The molecule has 2 N–H and O–H groups in total. The standard InChI is InChI=1S/C15H22N2O3/c1-20-11-12-3-5-13(6-4-12)14(15(18)19)17-9-2-7-16-8-10-17/h3-6,14,16H,2,7-11H2,1H3,(H,18,19). The Bertz CT molecular complexity index is 425. The van der Waals surface area contributed by atoms with E-state index < -0.39 is 12.0 Å². The van der Waals surface area contributed by atoms with Crippen LogP contribution >= 0.6 is 0 Å². The summed E-state index contributed by atoms with van der Waals surface area (Å²) >= 11 is 0. The number of benzene rings is 1. The Labute approximate surface area is 119 Å². The minimum atomic E-state index is -0.786. The summed E-state index contributed by atoms with van der Waals surface area (Å²) in [5.74, 6) is -0.786. The van der Waals surface area contributed by atoms with Gasteiger partial charge in [0.1, 0.15) is 6.04 Å². The van der Waals surface area contributed by atoms with Crippen LogP contribution in [0.5, 0.6) is 0 Å². The van der Waals surface area contributed by atoms with Gasteiger partial charge in [0.2, 0.25) is 0 Å². The molecule has 2 rings (SSSR count). The summed E-state index contributed by atoms with van der Waals surface area (Å²) < 4.78 is 5.07. The van der Waals surface area contributed by atoms with E-state index in [1.54, 1.807) is 7.11 Å². The molecule has 1 aromatic rings. The van der Waals surface area contributed by atoms with Crippen molar-refractivity contribution in [2.75, 3.05) is 33.3 Å². The van der Waals surface area contributed by atoms with Crippen molar-refractivity contribution in [1.29, 1.82) is 0 Å². The number of methoxy groups -OCH3 is 1. The second kappa shape index (κ2) is 7.38. The molecule has 1 aliphatic rings. The molecule has 1 heterocycles. The van der Waals surface area contributed by atoms with Crippen molar-refractivity contribution in [2.45, 2.75) is 19.1 Å². The number of carbonyl (C=O) groups is 1. The largest absolute Gasteiger partial charge is 0.480 e. The fraction of sp³-hybridized carbons (Fsp3) is 0.533. The highest BCUT2D eigenvalue weighted by Crippen LogP contribution is 2.22. The maximum absolute atomic E-state index is 11.6. The number of hydrogen-bond donors (Lipinski definition) is 2. The molecule has 1 aliphatic heterocycles. The molecular formula is C15H22N2O3. The first-order valence-corrected chi connectivity index (χ1v) is 6.97. The van der Waals surface area contributed by atoms with Crippen molar-refractivity contribution in [2.24, 2.45) is 0 Å². The third kappa shape index (κ3) is 3.79. The molecule has 0 aliphatic carbocycles. The van der Waals surface area contributed by atoms with Crippen LogP contribution < -0.4 is 5.32 Å². The first kappa shape index (κ1) is 15.0. The van der Waals surface area contributed by atoms with Crippen LogP contribution in [-0.4, -0.2) is 49.3 Å². The molecular weight excluding hydrogens is 256 g/mol. The highest BCUT2D eigenvalue weighted by Gasteiger charge is 2.27. The molecule has 0 saturated carbocycles. The zero-order chi connectivity index (χ0) is 14.4. The topological polar surface area (TPSA) is 61.8 Å². The van der Waals surface area contributed by atoms with Crippen LogP contribution in [-0.2, 0) is 16.1 Å². The normalized spacial score (nSPS) is 18.4. The zero-order valence-corrected chi connectivity index (χ0v) is 11.8. The van der Waals surface area contributed by atoms with Gasteiger partial charge in [-0.3, -0.25) is 9.69 Å². The molecule has 5 nitrogen and oxygen atoms in total. The highest BCUT2D eigenvalue weighted by molar-refractivity contribution is 5.75. The third-order valence-corrected chi connectivity index (χ3v) is 3.58. The molecule has 0 spiro atoms. The van der Waals surface area contributed by atoms with E-state index in [0.29, 0.717) is 6.61 Å². The Morgan fingerprint density at radius 3 is 2.75 bits per heavy atom. The number of nitrogens with one attached hydrogen (secondary N) is 1. The van der Waals surface area contributed by atoms with Gasteiger partial charge in [0.25, 0.3) is 0 Å². The van der Waals surface area contributed by atoms with E-state index in [9.17, 15) is 9.90 Å². The minimum Gasteiger partial charge on any atom is -0.480 e. The SMILES string of the molecule is COCc1ccc(C(C(=O)O)N2CCCNCC2)cc1. The molecule has 110 valence electrons. The van der Waals surface area contributed by atoms with Gasteiger partial charge in [-0.1, -0.05) is 24.3 Å². The highest BCUT2D eigenvalue weighted by atomic mass is 16.5. The quantitative estimate of drug-likeness (QED) is 0.849. The zero-order valence-electron chi connectivity index (χ0n) is 11.8. The molecule has 1 unspecified atom stereocenters. The van der Waals surface area contributed by atoms with E-state index in [0.717, 1.165) is 43.7 Å². The Kier molecular flexibility index (Phi) is 5.52. The minimum absolute atomic E-state index is 0.547. The predicted octanol–water partition coefficient (Wildman–Crippen LogP) is 1.25. The average Bonchev–Trinajstić information content (AvgIpc) is 2.70. The van der Waals surface area contributed by atoms with Crippen molar-refractivity contribution in [1.82, 2.24) is 10.2 Å². The smallest absolute Gasteiger partial charge is 0.325 e. The molecule has 0 bridgehead atoms. The van der Waals surface area contributed by atoms with Gasteiger partial charge in [-0.25, -0.2) is 0 Å². The number of nitrogens with zero attached hydrogens (tertiary/aromatic N) is 1. The molecule has 5 heteroatoms. The maximum atomic E-state index is 11.6. The van der Waals surface area contributed by atoms with E-state index in [-0.39, 0.29) is 0 Å². The van der Waals surface area contributed by atoms with E-state index in [2.05, 4.69) is 5.32 Å². The molecule has 1 saturated heterocycles. The van der Waals surface area contributed by atoms with Crippen molar-refractivity contribution in [3.05, 3.63) is 35.4 Å². The van der Waals surface area contributed by atoms with Crippen molar-refractivity contribution < 1.29 is 14.6 Å². The molecule has 1 fully saturated rings. The number of rotatable bonds is 5. The van der Waals surface area contributed by atoms with Crippen LogP contribution in [0.15, 0.2) is 24.3 Å². The van der Waals surface area contributed by atoms with Crippen LogP contribution in [0.25, 0.3) is 0 Å². The Morgan fingerprint density at radius 1 is 1.35 bits per heavy atom.